The lowest BCUT2D eigenvalue weighted by molar-refractivity contribution is 0.210. The highest BCUT2D eigenvalue weighted by Gasteiger charge is 2.21. The molecule has 5 heteroatoms. The van der Waals surface area contributed by atoms with Gasteiger partial charge in [0.25, 0.3) is 0 Å². The van der Waals surface area contributed by atoms with Gasteiger partial charge in [-0.3, -0.25) is 0 Å². The summed E-state index contributed by atoms with van der Waals surface area (Å²) < 4.78 is 0. The number of likely N-dealkylation sites (N-methyl/N-ethyl adjacent to an activating group) is 1. The number of halogens is 1. The monoisotopic (exact) mass is 270 g/mol. The largest absolute Gasteiger partial charge is 0.368 e. The molecule has 102 valence electrons. The van der Waals surface area contributed by atoms with Gasteiger partial charge in [-0.05, 0) is 33.9 Å². The molecule has 0 saturated carbocycles. The van der Waals surface area contributed by atoms with E-state index in [2.05, 4.69) is 62.0 Å². The molecule has 0 amide bonds. The first kappa shape index (κ1) is 15.2. The zero-order chi connectivity index (χ0) is 13.9. The highest BCUT2D eigenvalue weighted by Crippen LogP contribution is 2.28. The van der Waals surface area contributed by atoms with Crippen molar-refractivity contribution in [2.45, 2.75) is 39.2 Å². The van der Waals surface area contributed by atoms with Crippen molar-refractivity contribution in [1.29, 1.82) is 0 Å². The lowest BCUT2D eigenvalue weighted by Gasteiger charge is -2.33. The Kier molecular flexibility index (Phi) is 4.93. The highest BCUT2D eigenvalue weighted by molar-refractivity contribution is 6.30. The summed E-state index contributed by atoms with van der Waals surface area (Å²) in [5.41, 5.74) is 1.03. The van der Waals surface area contributed by atoms with Crippen molar-refractivity contribution in [2.75, 3.05) is 26.0 Å². The van der Waals surface area contributed by atoms with Crippen LogP contribution in [-0.2, 0) is 0 Å². The van der Waals surface area contributed by atoms with Gasteiger partial charge in [0, 0.05) is 17.6 Å². The predicted octanol–water partition coefficient (Wildman–Crippen LogP) is 3.01. The van der Waals surface area contributed by atoms with E-state index in [1.807, 2.05) is 0 Å². The summed E-state index contributed by atoms with van der Waals surface area (Å²) in [5.74, 6) is 1.13. The van der Waals surface area contributed by atoms with Gasteiger partial charge in [-0.25, -0.2) is 9.97 Å². The fourth-order valence-corrected chi connectivity index (χ4v) is 1.84. The van der Waals surface area contributed by atoms with Crippen LogP contribution < -0.4 is 5.32 Å². The van der Waals surface area contributed by atoms with E-state index in [4.69, 9.17) is 11.6 Å². The minimum Gasteiger partial charge on any atom is -0.368 e. The third-order valence-corrected chi connectivity index (χ3v) is 3.61. The van der Waals surface area contributed by atoms with Crippen LogP contribution in [0.15, 0.2) is 6.33 Å². The van der Waals surface area contributed by atoms with Crippen LogP contribution in [0.4, 0.5) is 5.82 Å². The van der Waals surface area contributed by atoms with Gasteiger partial charge >= 0.3 is 0 Å². The fraction of sp³-hybridized carbons (Fsp3) is 0.692. The summed E-state index contributed by atoms with van der Waals surface area (Å²) in [5, 5.41) is 3.91. The summed E-state index contributed by atoms with van der Waals surface area (Å²) in [7, 11) is 4.13. The molecule has 1 aromatic rings. The Balaban J connectivity index is 2.89. The first-order valence-electron chi connectivity index (χ1n) is 6.17. The SMILES string of the molecule is CC(C)c1c(Cl)ncnc1NCC(C)(C)N(C)C. The lowest BCUT2D eigenvalue weighted by Crippen LogP contribution is -2.44. The van der Waals surface area contributed by atoms with E-state index in [9.17, 15) is 0 Å². The Morgan fingerprint density at radius 3 is 2.44 bits per heavy atom. The van der Waals surface area contributed by atoms with E-state index < -0.39 is 0 Å². The number of aromatic nitrogens is 2. The summed E-state index contributed by atoms with van der Waals surface area (Å²) in [4.78, 5) is 10.5. The number of anilines is 1. The molecular weight excluding hydrogens is 248 g/mol. The number of nitrogens with zero attached hydrogens (tertiary/aromatic N) is 3. The Morgan fingerprint density at radius 2 is 1.94 bits per heavy atom. The molecule has 18 heavy (non-hydrogen) atoms. The number of nitrogens with one attached hydrogen (secondary N) is 1. The van der Waals surface area contributed by atoms with Crippen molar-refractivity contribution in [3.8, 4) is 0 Å². The van der Waals surface area contributed by atoms with Gasteiger partial charge in [0.05, 0.1) is 0 Å². The maximum atomic E-state index is 6.14. The summed E-state index contributed by atoms with van der Waals surface area (Å²) in [6, 6.07) is 0. The van der Waals surface area contributed by atoms with E-state index in [-0.39, 0.29) is 5.54 Å². The van der Waals surface area contributed by atoms with Crippen LogP contribution in [0.1, 0.15) is 39.2 Å². The van der Waals surface area contributed by atoms with Gasteiger partial charge in [0.2, 0.25) is 0 Å². The number of hydrogen-bond donors (Lipinski definition) is 1. The van der Waals surface area contributed by atoms with Crippen molar-refractivity contribution in [3.63, 3.8) is 0 Å². The van der Waals surface area contributed by atoms with Crippen molar-refractivity contribution in [1.82, 2.24) is 14.9 Å². The molecule has 0 saturated heterocycles. The molecule has 1 N–H and O–H groups in total. The standard InChI is InChI=1S/C13H23ClN4/c1-9(2)10-11(14)16-8-17-12(10)15-7-13(3,4)18(5)6/h8-9H,7H2,1-6H3,(H,15,16,17). The minimum atomic E-state index is 0.0473. The lowest BCUT2D eigenvalue weighted by atomic mass is 10.0. The second-order valence-electron chi connectivity index (χ2n) is 5.64. The molecule has 0 aliphatic rings. The van der Waals surface area contributed by atoms with Crippen molar-refractivity contribution >= 4 is 17.4 Å². The topological polar surface area (TPSA) is 41.1 Å². The normalized spacial score (nSPS) is 12.3. The van der Waals surface area contributed by atoms with Gasteiger partial charge in [-0.2, -0.15) is 0 Å². The predicted molar refractivity (Wildman–Crippen MR) is 77.4 cm³/mol. The average Bonchev–Trinajstić information content (AvgIpc) is 2.25. The van der Waals surface area contributed by atoms with Gasteiger partial charge in [-0.15, -0.1) is 0 Å². The van der Waals surface area contributed by atoms with Gasteiger partial charge in [-0.1, -0.05) is 25.4 Å². The van der Waals surface area contributed by atoms with E-state index in [1.165, 1.54) is 6.33 Å². The van der Waals surface area contributed by atoms with Crippen molar-refractivity contribution < 1.29 is 0 Å². The van der Waals surface area contributed by atoms with Crippen LogP contribution in [0, 0.1) is 0 Å². The fourth-order valence-electron chi connectivity index (χ4n) is 1.48. The molecule has 1 rings (SSSR count). The van der Waals surface area contributed by atoms with Crippen LogP contribution in [0.3, 0.4) is 0 Å². The van der Waals surface area contributed by atoms with Gasteiger partial charge in [0.15, 0.2) is 0 Å². The molecule has 0 bridgehead atoms. The molecule has 0 aliphatic heterocycles. The smallest absolute Gasteiger partial charge is 0.138 e. The Labute approximate surface area is 115 Å². The number of hydrogen-bond acceptors (Lipinski definition) is 4. The van der Waals surface area contributed by atoms with E-state index in [0.29, 0.717) is 11.1 Å². The van der Waals surface area contributed by atoms with Crippen LogP contribution in [-0.4, -0.2) is 41.0 Å². The summed E-state index contributed by atoms with van der Waals surface area (Å²) in [6.07, 6.45) is 1.50. The van der Waals surface area contributed by atoms with E-state index >= 15 is 0 Å². The third kappa shape index (κ3) is 3.56. The molecule has 0 fully saturated rings. The molecule has 0 atom stereocenters. The average molecular weight is 271 g/mol. The molecule has 0 radical (unpaired) electrons. The summed E-state index contributed by atoms with van der Waals surface area (Å²) in [6.45, 7) is 9.34. The van der Waals surface area contributed by atoms with Crippen LogP contribution in [0.5, 0.6) is 0 Å². The van der Waals surface area contributed by atoms with Crippen LogP contribution >= 0.6 is 11.6 Å². The van der Waals surface area contributed by atoms with Crippen molar-refractivity contribution in [3.05, 3.63) is 17.0 Å². The minimum absolute atomic E-state index is 0.0473. The van der Waals surface area contributed by atoms with Crippen molar-refractivity contribution in [2.24, 2.45) is 0 Å². The molecule has 0 aliphatic carbocycles. The first-order valence-corrected chi connectivity index (χ1v) is 6.55. The van der Waals surface area contributed by atoms with Crippen LogP contribution in [0.2, 0.25) is 5.15 Å². The Morgan fingerprint density at radius 1 is 1.33 bits per heavy atom. The number of rotatable bonds is 5. The first-order chi connectivity index (χ1) is 8.25. The highest BCUT2D eigenvalue weighted by atomic mass is 35.5. The third-order valence-electron chi connectivity index (χ3n) is 3.31. The maximum absolute atomic E-state index is 6.14. The molecule has 0 unspecified atom stereocenters. The van der Waals surface area contributed by atoms with Gasteiger partial charge < -0.3 is 10.2 Å². The van der Waals surface area contributed by atoms with Crippen LogP contribution in [0.25, 0.3) is 0 Å². The molecule has 1 aromatic heterocycles. The van der Waals surface area contributed by atoms with E-state index in [0.717, 1.165) is 17.9 Å². The van der Waals surface area contributed by atoms with Gasteiger partial charge in [0.1, 0.15) is 17.3 Å². The summed E-state index contributed by atoms with van der Waals surface area (Å²) >= 11 is 6.14. The second kappa shape index (κ2) is 5.85. The molecule has 0 spiro atoms. The second-order valence-corrected chi connectivity index (χ2v) is 6.00. The van der Waals surface area contributed by atoms with E-state index in [1.54, 1.807) is 0 Å². The zero-order valence-corrected chi connectivity index (χ0v) is 12.8. The zero-order valence-electron chi connectivity index (χ0n) is 12.1. The quantitative estimate of drug-likeness (QED) is 0.835. The molecule has 0 aromatic carbocycles. The Hall–Kier alpha value is -0.870. The maximum Gasteiger partial charge on any atom is 0.138 e. The molecule has 4 nitrogen and oxygen atoms in total. The Bertz CT molecular complexity index is 402. The molecular formula is C13H23ClN4. The molecule has 1 heterocycles.